The van der Waals surface area contributed by atoms with Crippen LogP contribution in [0.2, 0.25) is 0 Å². The van der Waals surface area contributed by atoms with Crippen LogP contribution in [0.3, 0.4) is 0 Å². The zero-order chi connectivity index (χ0) is 17.1. The second-order valence-electron chi connectivity index (χ2n) is 4.45. The van der Waals surface area contributed by atoms with Gasteiger partial charge in [0, 0.05) is 0 Å². The lowest BCUT2D eigenvalue weighted by Gasteiger charge is -2.10. The molecule has 1 aromatic rings. The summed E-state index contributed by atoms with van der Waals surface area (Å²) >= 11 is 0. The van der Waals surface area contributed by atoms with Gasteiger partial charge in [0.05, 0.1) is 6.61 Å². The van der Waals surface area contributed by atoms with Crippen molar-refractivity contribution >= 4 is 17.9 Å². The van der Waals surface area contributed by atoms with Crippen molar-refractivity contribution in [1.82, 2.24) is 16.2 Å². The van der Waals surface area contributed by atoms with Crippen molar-refractivity contribution < 1.29 is 23.9 Å². The highest BCUT2D eigenvalue weighted by atomic mass is 16.5. The SMILES string of the molecule is CCOC(=O)CNC(=O)NNC(=O)COc1ccc(CC)cc1. The molecule has 8 heteroatoms. The molecule has 0 unspecified atom stereocenters. The standard InChI is InChI=1S/C15H21N3O5/c1-3-11-5-7-12(8-6-11)23-10-13(19)17-18-15(21)16-9-14(20)22-4-2/h5-8H,3-4,9-10H2,1-2H3,(H,17,19)(H2,16,18,21). The van der Waals surface area contributed by atoms with Gasteiger partial charge in [0.1, 0.15) is 12.3 Å². The number of carbonyl (C=O) groups is 3. The first-order chi connectivity index (χ1) is 11.0. The number of aryl methyl sites for hydroxylation is 1. The Morgan fingerprint density at radius 3 is 2.35 bits per heavy atom. The molecule has 0 radical (unpaired) electrons. The highest BCUT2D eigenvalue weighted by molar-refractivity contribution is 5.84. The third kappa shape index (κ3) is 7.70. The van der Waals surface area contributed by atoms with Crippen molar-refractivity contribution in [3.63, 3.8) is 0 Å². The molecule has 0 aliphatic heterocycles. The van der Waals surface area contributed by atoms with Gasteiger partial charge in [0.2, 0.25) is 0 Å². The van der Waals surface area contributed by atoms with Gasteiger partial charge in [0.25, 0.3) is 5.91 Å². The molecule has 0 spiro atoms. The van der Waals surface area contributed by atoms with E-state index >= 15 is 0 Å². The number of hydrogen-bond donors (Lipinski definition) is 3. The van der Waals surface area contributed by atoms with Crippen LogP contribution in [-0.2, 0) is 20.7 Å². The summed E-state index contributed by atoms with van der Waals surface area (Å²) < 4.78 is 9.90. The molecule has 0 saturated heterocycles. The van der Waals surface area contributed by atoms with Crippen molar-refractivity contribution in [3.8, 4) is 5.75 Å². The maximum Gasteiger partial charge on any atom is 0.333 e. The monoisotopic (exact) mass is 323 g/mol. The number of ether oxygens (including phenoxy) is 2. The number of nitrogens with one attached hydrogen (secondary N) is 3. The van der Waals surface area contributed by atoms with Gasteiger partial charge in [-0.1, -0.05) is 19.1 Å². The Labute approximate surface area is 134 Å². The van der Waals surface area contributed by atoms with Gasteiger partial charge in [0.15, 0.2) is 6.61 Å². The molecule has 0 heterocycles. The predicted molar refractivity (Wildman–Crippen MR) is 82.6 cm³/mol. The van der Waals surface area contributed by atoms with Gasteiger partial charge < -0.3 is 14.8 Å². The van der Waals surface area contributed by atoms with E-state index in [-0.39, 0.29) is 19.8 Å². The van der Waals surface area contributed by atoms with E-state index in [9.17, 15) is 14.4 Å². The third-order valence-corrected chi connectivity index (χ3v) is 2.72. The molecular formula is C15H21N3O5. The number of hydrazine groups is 1. The van der Waals surface area contributed by atoms with Crippen LogP contribution < -0.4 is 20.9 Å². The van der Waals surface area contributed by atoms with Crippen molar-refractivity contribution in [2.24, 2.45) is 0 Å². The number of urea groups is 1. The van der Waals surface area contributed by atoms with E-state index in [4.69, 9.17) is 4.74 Å². The Hall–Kier alpha value is -2.77. The zero-order valence-corrected chi connectivity index (χ0v) is 13.2. The molecule has 0 aliphatic carbocycles. The summed E-state index contributed by atoms with van der Waals surface area (Å²) in [5, 5.41) is 2.23. The second kappa shape index (κ2) is 10.0. The molecule has 0 fully saturated rings. The topological polar surface area (TPSA) is 106 Å². The normalized spacial score (nSPS) is 9.65. The molecule has 126 valence electrons. The number of benzene rings is 1. The van der Waals surface area contributed by atoms with Gasteiger partial charge in [-0.15, -0.1) is 0 Å². The fraction of sp³-hybridized carbons (Fsp3) is 0.400. The van der Waals surface area contributed by atoms with E-state index < -0.39 is 17.9 Å². The Kier molecular flexibility index (Phi) is 7.98. The Balaban J connectivity index is 2.20. The molecule has 23 heavy (non-hydrogen) atoms. The first-order valence-corrected chi connectivity index (χ1v) is 7.25. The first-order valence-electron chi connectivity index (χ1n) is 7.25. The number of amides is 3. The number of carbonyl (C=O) groups excluding carboxylic acids is 3. The van der Waals surface area contributed by atoms with Crippen LogP contribution in [-0.4, -0.2) is 37.7 Å². The highest BCUT2D eigenvalue weighted by Crippen LogP contribution is 2.12. The van der Waals surface area contributed by atoms with E-state index in [1.54, 1.807) is 19.1 Å². The third-order valence-electron chi connectivity index (χ3n) is 2.72. The average Bonchev–Trinajstić information content (AvgIpc) is 2.57. The van der Waals surface area contributed by atoms with E-state index in [1.165, 1.54) is 5.56 Å². The van der Waals surface area contributed by atoms with Gasteiger partial charge in [-0.25, -0.2) is 10.2 Å². The van der Waals surface area contributed by atoms with Crippen molar-refractivity contribution in [1.29, 1.82) is 0 Å². The van der Waals surface area contributed by atoms with E-state index in [1.807, 2.05) is 19.1 Å². The van der Waals surface area contributed by atoms with E-state index in [2.05, 4.69) is 20.9 Å². The maximum absolute atomic E-state index is 11.5. The molecule has 0 atom stereocenters. The molecule has 0 aliphatic rings. The lowest BCUT2D eigenvalue weighted by atomic mass is 10.2. The fourth-order valence-electron chi connectivity index (χ4n) is 1.54. The molecule has 0 saturated carbocycles. The average molecular weight is 323 g/mol. The number of rotatable bonds is 7. The molecule has 0 bridgehead atoms. The van der Waals surface area contributed by atoms with Crippen LogP contribution in [0.25, 0.3) is 0 Å². The lowest BCUT2D eigenvalue weighted by Crippen LogP contribution is -2.49. The largest absolute Gasteiger partial charge is 0.484 e. The second-order valence-corrected chi connectivity index (χ2v) is 4.45. The summed E-state index contributed by atoms with van der Waals surface area (Å²) in [7, 11) is 0. The summed E-state index contributed by atoms with van der Waals surface area (Å²) in [6.45, 7) is 3.41. The van der Waals surface area contributed by atoms with Gasteiger partial charge >= 0.3 is 12.0 Å². The zero-order valence-electron chi connectivity index (χ0n) is 13.2. The molecular weight excluding hydrogens is 302 g/mol. The van der Waals surface area contributed by atoms with E-state index in [0.29, 0.717) is 5.75 Å². The first kappa shape index (κ1) is 18.3. The van der Waals surface area contributed by atoms with Gasteiger partial charge in [-0.3, -0.25) is 15.0 Å². The van der Waals surface area contributed by atoms with Crippen LogP contribution in [0.5, 0.6) is 5.75 Å². The Morgan fingerprint density at radius 2 is 1.74 bits per heavy atom. The summed E-state index contributed by atoms with van der Waals surface area (Å²) in [4.78, 5) is 33.8. The van der Waals surface area contributed by atoms with Crippen LogP contribution in [0, 0.1) is 0 Å². The predicted octanol–water partition coefficient (Wildman–Crippen LogP) is 0.521. The molecule has 1 rings (SSSR count). The Bertz CT molecular complexity index is 530. The number of esters is 1. The molecule has 3 amide bonds. The van der Waals surface area contributed by atoms with Crippen molar-refractivity contribution in [3.05, 3.63) is 29.8 Å². The molecule has 1 aromatic carbocycles. The summed E-state index contributed by atoms with van der Waals surface area (Å²) in [6.07, 6.45) is 0.922. The summed E-state index contributed by atoms with van der Waals surface area (Å²) in [5.41, 5.74) is 5.42. The minimum absolute atomic E-state index is 0.232. The van der Waals surface area contributed by atoms with Gasteiger partial charge in [-0.2, -0.15) is 0 Å². The lowest BCUT2D eigenvalue weighted by molar-refractivity contribution is -0.141. The molecule has 3 N–H and O–H groups in total. The van der Waals surface area contributed by atoms with E-state index in [0.717, 1.165) is 6.42 Å². The van der Waals surface area contributed by atoms with Crippen LogP contribution in [0.4, 0.5) is 4.79 Å². The maximum atomic E-state index is 11.5. The Morgan fingerprint density at radius 1 is 1.04 bits per heavy atom. The highest BCUT2D eigenvalue weighted by Gasteiger charge is 2.07. The van der Waals surface area contributed by atoms with Crippen LogP contribution in [0.15, 0.2) is 24.3 Å². The summed E-state index contributed by atoms with van der Waals surface area (Å²) in [6, 6.07) is 6.64. The number of hydrogen-bond acceptors (Lipinski definition) is 5. The summed E-state index contributed by atoms with van der Waals surface area (Å²) in [5.74, 6) is -0.534. The van der Waals surface area contributed by atoms with Crippen molar-refractivity contribution in [2.75, 3.05) is 19.8 Å². The minimum atomic E-state index is -0.723. The molecule has 0 aromatic heterocycles. The van der Waals surface area contributed by atoms with Gasteiger partial charge in [-0.05, 0) is 31.0 Å². The fourth-order valence-corrected chi connectivity index (χ4v) is 1.54. The smallest absolute Gasteiger partial charge is 0.333 e. The minimum Gasteiger partial charge on any atom is -0.484 e. The quantitative estimate of drug-likeness (QED) is 0.501. The van der Waals surface area contributed by atoms with Crippen LogP contribution >= 0.6 is 0 Å². The van der Waals surface area contributed by atoms with Crippen LogP contribution in [0.1, 0.15) is 19.4 Å². The van der Waals surface area contributed by atoms with Crippen molar-refractivity contribution in [2.45, 2.75) is 20.3 Å². The molecule has 8 nitrogen and oxygen atoms in total.